The molecular weight excluding hydrogens is 294 g/mol. The molecule has 0 radical (unpaired) electrons. The second-order valence-electron chi connectivity index (χ2n) is 4.26. The maximum Gasteiger partial charge on any atom is 0.259 e. The summed E-state index contributed by atoms with van der Waals surface area (Å²) in [6.45, 7) is 0.0700. The number of nitrogen functional groups attached to an aromatic ring is 1. The molecule has 0 bridgehead atoms. The molecule has 0 aliphatic rings. The molecule has 2 amide bonds. The number of rotatable bonds is 4. The van der Waals surface area contributed by atoms with Gasteiger partial charge in [-0.05, 0) is 12.1 Å². The fourth-order valence-corrected chi connectivity index (χ4v) is 1.98. The molecule has 0 spiro atoms. The number of halogens is 1. The molecule has 0 aliphatic heterocycles. The lowest BCUT2D eigenvalue weighted by Crippen LogP contribution is -2.23. The van der Waals surface area contributed by atoms with Gasteiger partial charge in [0.05, 0.1) is 22.5 Å². The monoisotopic (exact) mass is 307 g/mol. The van der Waals surface area contributed by atoms with Crippen LogP contribution in [0, 0.1) is 0 Å². The average molecular weight is 308 g/mol. The molecule has 4 N–H and O–H groups in total. The first-order valence-corrected chi connectivity index (χ1v) is 6.47. The van der Waals surface area contributed by atoms with Crippen molar-refractivity contribution in [3.05, 3.63) is 41.2 Å². The van der Waals surface area contributed by atoms with Gasteiger partial charge in [0.25, 0.3) is 5.91 Å². The number of likely N-dealkylation sites (N-methyl/N-ethyl adjacent to an activating group) is 1. The van der Waals surface area contributed by atoms with Gasteiger partial charge >= 0.3 is 0 Å². The molecule has 0 saturated carbocycles. The summed E-state index contributed by atoms with van der Waals surface area (Å²) in [4.78, 5) is 23.4. The first kappa shape index (κ1) is 14.9. The van der Waals surface area contributed by atoms with Crippen LogP contribution >= 0.6 is 11.6 Å². The second kappa shape index (κ2) is 6.27. The van der Waals surface area contributed by atoms with Crippen LogP contribution in [-0.2, 0) is 11.3 Å². The van der Waals surface area contributed by atoms with Gasteiger partial charge < -0.3 is 16.4 Å². The Kier molecular flexibility index (Phi) is 4.44. The number of carbonyl (C=O) groups excluding carboxylic acids is 2. The summed E-state index contributed by atoms with van der Waals surface area (Å²) in [5.41, 5.74) is 6.69. The molecule has 2 aromatic rings. The molecule has 0 unspecified atom stereocenters. The first-order chi connectivity index (χ1) is 10.0. The van der Waals surface area contributed by atoms with E-state index in [9.17, 15) is 9.59 Å². The van der Waals surface area contributed by atoms with E-state index in [1.807, 2.05) is 0 Å². The number of benzene rings is 1. The molecule has 0 saturated heterocycles. The number of nitrogens with zero attached hydrogens (tertiary/aromatic N) is 2. The molecule has 1 aromatic heterocycles. The Morgan fingerprint density at radius 3 is 2.86 bits per heavy atom. The summed E-state index contributed by atoms with van der Waals surface area (Å²) >= 11 is 5.97. The average Bonchev–Trinajstić information content (AvgIpc) is 2.85. The summed E-state index contributed by atoms with van der Waals surface area (Å²) in [6.07, 6.45) is 2.98. The Hall–Kier alpha value is -2.54. The number of nitrogens with two attached hydrogens (primary N) is 1. The van der Waals surface area contributed by atoms with Crippen molar-refractivity contribution in [1.82, 2.24) is 15.1 Å². The molecule has 7 nitrogen and oxygen atoms in total. The number of anilines is 2. The summed E-state index contributed by atoms with van der Waals surface area (Å²) in [7, 11) is 1.54. The maximum atomic E-state index is 12.2. The van der Waals surface area contributed by atoms with E-state index in [0.29, 0.717) is 5.69 Å². The molecule has 1 heterocycles. The lowest BCUT2D eigenvalue weighted by atomic mass is 10.1. The van der Waals surface area contributed by atoms with Gasteiger partial charge in [0.2, 0.25) is 5.91 Å². The van der Waals surface area contributed by atoms with E-state index in [4.69, 9.17) is 17.3 Å². The predicted molar refractivity (Wildman–Crippen MR) is 80.1 cm³/mol. The number of nitrogens with one attached hydrogen (secondary N) is 2. The number of amides is 2. The van der Waals surface area contributed by atoms with Crippen molar-refractivity contribution in [2.24, 2.45) is 0 Å². The Labute approximate surface area is 126 Å². The third-order valence-electron chi connectivity index (χ3n) is 2.75. The minimum atomic E-state index is -0.433. The minimum Gasteiger partial charge on any atom is -0.398 e. The van der Waals surface area contributed by atoms with Crippen LogP contribution in [0.4, 0.5) is 11.4 Å². The Bertz CT molecular complexity index is 663. The molecule has 1 aromatic carbocycles. The Morgan fingerprint density at radius 2 is 2.19 bits per heavy atom. The highest BCUT2D eigenvalue weighted by Gasteiger charge is 2.15. The number of hydrogen-bond donors (Lipinski definition) is 3. The SMILES string of the molecule is CNC(=O)Cn1cc(NC(=O)c2c(N)cccc2Cl)cn1. The van der Waals surface area contributed by atoms with Gasteiger partial charge in [-0.2, -0.15) is 5.10 Å². The lowest BCUT2D eigenvalue weighted by molar-refractivity contribution is -0.121. The zero-order valence-electron chi connectivity index (χ0n) is 11.3. The number of carbonyl (C=O) groups is 2. The van der Waals surface area contributed by atoms with Gasteiger partial charge in [-0.15, -0.1) is 0 Å². The van der Waals surface area contributed by atoms with E-state index in [0.717, 1.165) is 0 Å². The summed E-state index contributed by atoms with van der Waals surface area (Å²) in [5, 5.41) is 9.36. The largest absolute Gasteiger partial charge is 0.398 e. The molecular formula is C13H14ClN5O2. The van der Waals surface area contributed by atoms with Crippen LogP contribution in [0.3, 0.4) is 0 Å². The van der Waals surface area contributed by atoms with E-state index < -0.39 is 5.91 Å². The smallest absolute Gasteiger partial charge is 0.259 e. The first-order valence-electron chi connectivity index (χ1n) is 6.09. The van der Waals surface area contributed by atoms with Gasteiger partial charge in [-0.1, -0.05) is 17.7 Å². The molecule has 2 rings (SSSR count). The van der Waals surface area contributed by atoms with Gasteiger partial charge in [-0.3, -0.25) is 14.3 Å². The zero-order valence-corrected chi connectivity index (χ0v) is 12.0. The molecule has 21 heavy (non-hydrogen) atoms. The van der Waals surface area contributed by atoms with Crippen LogP contribution < -0.4 is 16.4 Å². The highest BCUT2D eigenvalue weighted by Crippen LogP contribution is 2.23. The fraction of sp³-hybridized carbons (Fsp3) is 0.154. The Balaban J connectivity index is 2.12. The van der Waals surface area contributed by atoms with Crippen molar-refractivity contribution in [2.75, 3.05) is 18.1 Å². The van der Waals surface area contributed by atoms with Gasteiger partial charge in [0.15, 0.2) is 0 Å². The van der Waals surface area contributed by atoms with Crippen LogP contribution in [0.25, 0.3) is 0 Å². The Morgan fingerprint density at radius 1 is 1.43 bits per heavy atom. The number of hydrogen-bond acceptors (Lipinski definition) is 4. The second-order valence-corrected chi connectivity index (χ2v) is 4.67. The molecule has 110 valence electrons. The van der Waals surface area contributed by atoms with Crippen LogP contribution in [0.5, 0.6) is 0 Å². The number of aromatic nitrogens is 2. The zero-order chi connectivity index (χ0) is 15.4. The van der Waals surface area contributed by atoms with E-state index in [1.165, 1.54) is 17.9 Å². The van der Waals surface area contributed by atoms with Crippen LogP contribution in [0.2, 0.25) is 5.02 Å². The highest BCUT2D eigenvalue weighted by molar-refractivity contribution is 6.35. The molecule has 0 aliphatic carbocycles. The lowest BCUT2D eigenvalue weighted by Gasteiger charge is -2.07. The normalized spacial score (nSPS) is 10.2. The van der Waals surface area contributed by atoms with Gasteiger partial charge in [0.1, 0.15) is 6.54 Å². The van der Waals surface area contributed by atoms with Crippen molar-refractivity contribution in [3.63, 3.8) is 0 Å². The minimum absolute atomic E-state index is 0.0700. The van der Waals surface area contributed by atoms with Gasteiger partial charge in [0, 0.05) is 18.9 Å². The molecule has 0 atom stereocenters. The van der Waals surface area contributed by atoms with Crippen molar-refractivity contribution < 1.29 is 9.59 Å². The van der Waals surface area contributed by atoms with Crippen molar-refractivity contribution in [2.45, 2.75) is 6.54 Å². The van der Waals surface area contributed by atoms with Gasteiger partial charge in [-0.25, -0.2) is 0 Å². The van der Waals surface area contributed by atoms with E-state index in [2.05, 4.69) is 15.7 Å². The standard InChI is InChI=1S/C13H14ClN5O2/c1-16-11(20)7-19-6-8(5-17-19)18-13(21)12-9(14)3-2-4-10(12)15/h2-6H,7,15H2,1H3,(H,16,20)(H,18,21). The summed E-state index contributed by atoms with van der Waals surface area (Å²) in [6, 6.07) is 4.84. The van der Waals surface area contributed by atoms with Crippen molar-refractivity contribution >= 4 is 34.8 Å². The van der Waals surface area contributed by atoms with Crippen molar-refractivity contribution in [3.8, 4) is 0 Å². The maximum absolute atomic E-state index is 12.2. The fourth-order valence-electron chi connectivity index (χ4n) is 1.71. The van der Waals surface area contributed by atoms with Crippen LogP contribution in [-0.4, -0.2) is 28.6 Å². The molecule has 8 heteroatoms. The third-order valence-corrected chi connectivity index (χ3v) is 3.06. The summed E-state index contributed by atoms with van der Waals surface area (Å²) in [5.74, 6) is -0.621. The topological polar surface area (TPSA) is 102 Å². The van der Waals surface area contributed by atoms with Crippen LogP contribution in [0.15, 0.2) is 30.6 Å². The predicted octanol–water partition coefficient (Wildman–Crippen LogP) is 1.12. The van der Waals surface area contributed by atoms with Crippen molar-refractivity contribution in [1.29, 1.82) is 0 Å². The van der Waals surface area contributed by atoms with Crippen LogP contribution in [0.1, 0.15) is 10.4 Å². The van der Waals surface area contributed by atoms with E-state index in [-0.39, 0.29) is 28.7 Å². The quantitative estimate of drug-likeness (QED) is 0.736. The van der Waals surface area contributed by atoms with E-state index in [1.54, 1.807) is 24.4 Å². The van der Waals surface area contributed by atoms with E-state index >= 15 is 0 Å². The molecule has 0 fully saturated rings. The highest BCUT2D eigenvalue weighted by atomic mass is 35.5. The summed E-state index contributed by atoms with van der Waals surface area (Å²) < 4.78 is 1.41. The third kappa shape index (κ3) is 3.51.